The number of amides is 2. The molecule has 0 bridgehead atoms. The Hall–Kier alpha value is -0.770. The van der Waals surface area contributed by atoms with Gasteiger partial charge >= 0.3 is 6.03 Å². The molecule has 0 aromatic carbocycles. The van der Waals surface area contributed by atoms with Crippen LogP contribution in [0.3, 0.4) is 0 Å². The monoisotopic (exact) mass is 199 g/mol. The molecule has 1 heterocycles. The van der Waals surface area contributed by atoms with E-state index in [-0.39, 0.29) is 12.1 Å². The first kappa shape index (κ1) is 11.3. The van der Waals surface area contributed by atoms with Crippen LogP contribution in [-0.4, -0.2) is 36.6 Å². The summed E-state index contributed by atoms with van der Waals surface area (Å²) in [5.74, 6) is 0. The lowest BCUT2D eigenvalue weighted by Crippen LogP contribution is -2.38. The van der Waals surface area contributed by atoms with Crippen LogP contribution in [0.25, 0.3) is 0 Å². The van der Waals surface area contributed by atoms with Crippen LogP contribution >= 0.6 is 0 Å². The van der Waals surface area contributed by atoms with Crippen LogP contribution in [0.4, 0.5) is 4.79 Å². The molecule has 1 atom stereocenters. The Bertz CT molecular complexity index is 176. The molecule has 3 N–H and O–H groups in total. The van der Waals surface area contributed by atoms with E-state index in [1.807, 2.05) is 11.8 Å². The summed E-state index contributed by atoms with van der Waals surface area (Å²) in [5.41, 5.74) is 5.61. The van der Waals surface area contributed by atoms with Crippen molar-refractivity contribution >= 4 is 6.03 Å². The SMILES string of the molecule is CC(N)CCCNC(=O)N1CCCC1. The van der Waals surface area contributed by atoms with Crippen molar-refractivity contribution in [3.05, 3.63) is 0 Å². The fourth-order valence-corrected chi connectivity index (χ4v) is 1.65. The van der Waals surface area contributed by atoms with E-state index in [1.165, 1.54) is 0 Å². The fourth-order valence-electron chi connectivity index (χ4n) is 1.65. The molecule has 4 nitrogen and oxygen atoms in total. The van der Waals surface area contributed by atoms with E-state index in [9.17, 15) is 4.79 Å². The molecule has 1 fully saturated rings. The van der Waals surface area contributed by atoms with Gasteiger partial charge in [-0.15, -0.1) is 0 Å². The molecule has 0 aliphatic carbocycles. The lowest BCUT2D eigenvalue weighted by Gasteiger charge is -2.16. The van der Waals surface area contributed by atoms with Crippen LogP contribution in [0.2, 0.25) is 0 Å². The molecule has 14 heavy (non-hydrogen) atoms. The average Bonchev–Trinajstić information content (AvgIpc) is 2.64. The highest BCUT2D eigenvalue weighted by Gasteiger charge is 2.16. The minimum absolute atomic E-state index is 0.0900. The zero-order valence-electron chi connectivity index (χ0n) is 8.96. The van der Waals surface area contributed by atoms with Gasteiger partial charge < -0.3 is 16.0 Å². The number of hydrogen-bond acceptors (Lipinski definition) is 2. The second kappa shape index (κ2) is 5.86. The van der Waals surface area contributed by atoms with Crippen molar-refractivity contribution in [1.82, 2.24) is 10.2 Å². The van der Waals surface area contributed by atoms with Gasteiger partial charge in [-0.25, -0.2) is 4.79 Å². The van der Waals surface area contributed by atoms with Crippen molar-refractivity contribution in [3.8, 4) is 0 Å². The van der Waals surface area contributed by atoms with Gasteiger partial charge in [0.25, 0.3) is 0 Å². The average molecular weight is 199 g/mol. The Morgan fingerprint density at radius 3 is 2.71 bits per heavy atom. The number of nitrogens with zero attached hydrogens (tertiary/aromatic N) is 1. The van der Waals surface area contributed by atoms with Crippen molar-refractivity contribution in [2.75, 3.05) is 19.6 Å². The largest absolute Gasteiger partial charge is 0.338 e. The normalized spacial score (nSPS) is 18.3. The maximum absolute atomic E-state index is 11.5. The third-order valence-electron chi connectivity index (χ3n) is 2.51. The van der Waals surface area contributed by atoms with Crippen molar-refractivity contribution in [3.63, 3.8) is 0 Å². The molecule has 82 valence electrons. The number of rotatable bonds is 4. The standard InChI is InChI=1S/C10H21N3O/c1-9(11)5-4-6-12-10(14)13-7-2-3-8-13/h9H,2-8,11H2,1H3,(H,12,14). The maximum Gasteiger partial charge on any atom is 0.317 e. The van der Waals surface area contributed by atoms with Crippen LogP contribution in [0.15, 0.2) is 0 Å². The predicted molar refractivity (Wildman–Crippen MR) is 57.1 cm³/mol. The number of nitrogens with two attached hydrogens (primary N) is 1. The summed E-state index contributed by atoms with van der Waals surface area (Å²) in [6.45, 7) is 4.57. The van der Waals surface area contributed by atoms with Gasteiger partial charge in [0.05, 0.1) is 0 Å². The predicted octanol–water partition coefficient (Wildman–Crippen LogP) is 0.919. The van der Waals surface area contributed by atoms with Gasteiger partial charge in [0, 0.05) is 25.7 Å². The topological polar surface area (TPSA) is 58.4 Å². The third kappa shape index (κ3) is 3.96. The van der Waals surface area contributed by atoms with Crippen molar-refractivity contribution in [1.29, 1.82) is 0 Å². The summed E-state index contributed by atoms with van der Waals surface area (Å²) in [4.78, 5) is 13.4. The van der Waals surface area contributed by atoms with E-state index in [0.29, 0.717) is 0 Å². The van der Waals surface area contributed by atoms with Crippen LogP contribution in [-0.2, 0) is 0 Å². The Morgan fingerprint density at radius 2 is 2.14 bits per heavy atom. The first-order valence-corrected chi connectivity index (χ1v) is 5.48. The molecule has 1 unspecified atom stereocenters. The summed E-state index contributed by atoms with van der Waals surface area (Å²) in [7, 11) is 0. The minimum Gasteiger partial charge on any atom is -0.338 e. The molecular formula is C10H21N3O. The first-order valence-electron chi connectivity index (χ1n) is 5.48. The minimum atomic E-state index is 0.0900. The van der Waals surface area contributed by atoms with Crippen LogP contribution in [0, 0.1) is 0 Å². The molecule has 1 aliphatic rings. The van der Waals surface area contributed by atoms with Crippen LogP contribution in [0.5, 0.6) is 0 Å². The second-order valence-corrected chi connectivity index (χ2v) is 4.05. The van der Waals surface area contributed by atoms with Crippen LogP contribution < -0.4 is 11.1 Å². The highest BCUT2D eigenvalue weighted by Crippen LogP contribution is 2.06. The van der Waals surface area contributed by atoms with Crippen molar-refractivity contribution < 1.29 is 4.79 Å². The molecule has 0 saturated carbocycles. The number of hydrogen-bond donors (Lipinski definition) is 2. The zero-order valence-corrected chi connectivity index (χ0v) is 8.96. The van der Waals surface area contributed by atoms with E-state index in [4.69, 9.17) is 5.73 Å². The van der Waals surface area contributed by atoms with Gasteiger partial charge in [-0.3, -0.25) is 0 Å². The van der Waals surface area contributed by atoms with Gasteiger partial charge in [-0.05, 0) is 32.6 Å². The molecule has 1 rings (SSSR count). The summed E-state index contributed by atoms with van der Waals surface area (Å²) < 4.78 is 0. The quantitative estimate of drug-likeness (QED) is 0.661. The third-order valence-corrected chi connectivity index (χ3v) is 2.51. The van der Waals surface area contributed by atoms with Gasteiger partial charge in [0.15, 0.2) is 0 Å². The van der Waals surface area contributed by atoms with E-state index in [0.717, 1.165) is 45.3 Å². The van der Waals surface area contributed by atoms with Gasteiger partial charge in [0.2, 0.25) is 0 Å². The van der Waals surface area contributed by atoms with E-state index in [1.54, 1.807) is 0 Å². The summed E-state index contributed by atoms with van der Waals surface area (Å²) in [5, 5.41) is 2.91. The van der Waals surface area contributed by atoms with Gasteiger partial charge in [-0.2, -0.15) is 0 Å². The summed E-state index contributed by atoms with van der Waals surface area (Å²) >= 11 is 0. The molecule has 0 aromatic heterocycles. The fraction of sp³-hybridized carbons (Fsp3) is 0.900. The number of urea groups is 1. The molecule has 2 amide bonds. The zero-order chi connectivity index (χ0) is 10.4. The lowest BCUT2D eigenvalue weighted by molar-refractivity contribution is 0.208. The summed E-state index contributed by atoms with van der Waals surface area (Å²) in [6, 6.07) is 0.325. The highest BCUT2D eigenvalue weighted by molar-refractivity contribution is 5.74. The van der Waals surface area contributed by atoms with Gasteiger partial charge in [-0.1, -0.05) is 0 Å². The summed E-state index contributed by atoms with van der Waals surface area (Å²) in [6.07, 6.45) is 4.23. The number of carbonyl (C=O) groups is 1. The molecule has 4 heteroatoms. The molecule has 0 aromatic rings. The van der Waals surface area contributed by atoms with Gasteiger partial charge in [0.1, 0.15) is 0 Å². The number of nitrogens with one attached hydrogen (secondary N) is 1. The molecule has 1 aliphatic heterocycles. The first-order chi connectivity index (χ1) is 6.70. The van der Waals surface area contributed by atoms with Crippen molar-refractivity contribution in [2.24, 2.45) is 5.73 Å². The molecule has 0 radical (unpaired) electrons. The Morgan fingerprint density at radius 1 is 1.50 bits per heavy atom. The van der Waals surface area contributed by atoms with E-state index in [2.05, 4.69) is 5.32 Å². The lowest BCUT2D eigenvalue weighted by atomic mass is 10.2. The van der Waals surface area contributed by atoms with Crippen molar-refractivity contribution in [2.45, 2.75) is 38.6 Å². The highest BCUT2D eigenvalue weighted by atomic mass is 16.2. The maximum atomic E-state index is 11.5. The number of likely N-dealkylation sites (tertiary alicyclic amines) is 1. The molecular weight excluding hydrogens is 178 g/mol. The van der Waals surface area contributed by atoms with Crippen LogP contribution in [0.1, 0.15) is 32.6 Å². The Kier molecular flexibility index (Phi) is 4.73. The van der Waals surface area contributed by atoms with E-state index >= 15 is 0 Å². The smallest absolute Gasteiger partial charge is 0.317 e. The van der Waals surface area contributed by atoms with E-state index < -0.39 is 0 Å². The second-order valence-electron chi connectivity index (χ2n) is 4.05. The Labute approximate surface area is 85.8 Å². The molecule has 0 spiro atoms. The number of carbonyl (C=O) groups excluding carboxylic acids is 1. The molecule has 1 saturated heterocycles. The Balaban J connectivity index is 2.03.